The molecular formula is C4H4BrNO. The molecule has 0 unspecified atom stereocenters. The van der Waals surface area contributed by atoms with E-state index in [2.05, 4.69) is 25.6 Å². The largest absolute Gasteiger partial charge is 0.363 e. The van der Waals surface area contributed by atoms with Crippen molar-refractivity contribution in [1.29, 1.82) is 0 Å². The maximum absolute atomic E-state index is 4.55. The van der Waals surface area contributed by atoms with Gasteiger partial charge in [0.15, 0.2) is 4.60 Å². The molecule has 2 nitrogen and oxygen atoms in total. The van der Waals surface area contributed by atoms with Gasteiger partial charge in [-0.2, -0.15) is 0 Å². The van der Waals surface area contributed by atoms with Crippen LogP contribution in [0, 0.1) is 6.92 Å². The van der Waals surface area contributed by atoms with Crippen LogP contribution in [0.4, 0.5) is 0 Å². The molecule has 0 spiro atoms. The average Bonchev–Trinajstić information content (AvgIpc) is 1.91. The molecule has 1 aromatic rings. The maximum atomic E-state index is 4.55. The Balaban J connectivity index is 3.12. The quantitative estimate of drug-likeness (QED) is 0.580. The molecule has 0 amide bonds. The molecule has 0 atom stereocenters. The highest BCUT2D eigenvalue weighted by molar-refractivity contribution is 9.10. The van der Waals surface area contributed by atoms with E-state index >= 15 is 0 Å². The number of aromatic nitrogens is 1. The summed E-state index contributed by atoms with van der Waals surface area (Å²) >= 11 is 3.16. The van der Waals surface area contributed by atoms with Gasteiger partial charge in [-0.05, 0) is 22.9 Å². The Morgan fingerprint density at radius 2 is 2.57 bits per heavy atom. The third kappa shape index (κ3) is 0.825. The van der Waals surface area contributed by atoms with Gasteiger partial charge in [-0.3, -0.25) is 0 Å². The lowest BCUT2D eigenvalue weighted by molar-refractivity contribution is 0.415. The topological polar surface area (TPSA) is 26.0 Å². The molecule has 0 bridgehead atoms. The highest BCUT2D eigenvalue weighted by atomic mass is 79.9. The maximum Gasteiger partial charge on any atom is 0.152 e. The van der Waals surface area contributed by atoms with Crippen LogP contribution in [-0.4, -0.2) is 5.16 Å². The Kier molecular flexibility index (Phi) is 1.15. The second-order valence-electron chi connectivity index (χ2n) is 1.29. The van der Waals surface area contributed by atoms with E-state index in [9.17, 15) is 0 Å². The minimum absolute atomic E-state index is 0.785. The molecule has 3 heteroatoms. The van der Waals surface area contributed by atoms with Gasteiger partial charge in [-0.25, -0.2) is 0 Å². The van der Waals surface area contributed by atoms with Crippen LogP contribution in [0.15, 0.2) is 15.4 Å². The summed E-state index contributed by atoms with van der Waals surface area (Å²) in [6.45, 7) is 1.92. The molecule has 1 aromatic heterocycles. The van der Waals surface area contributed by atoms with Crippen LogP contribution in [-0.2, 0) is 0 Å². The SMILES string of the molecule is Cc1conc1Br. The third-order valence-corrected chi connectivity index (χ3v) is 1.46. The molecule has 0 saturated heterocycles. The Labute approximate surface area is 49.6 Å². The molecule has 0 aromatic carbocycles. The first-order chi connectivity index (χ1) is 3.30. The molecule has 0 aliphatic carbocycles. The number of rotatable bonds is 0. The van der Waals surface area contributed by atoms with E-state index in [1.54, 1.807) is 6.26 Å². The first kappa shape index (κ1) is 4.84. The summed E-state index contributed by atoms with van der Waals surface area (Å²) < 4.78 is 5.33. The third-order valence-electron chi connectivity index (χ3n) is 0.688. The monoisotopic (exact) mass is 161 g/mol. The number of nitrogens with zero attached hydrogens (tertiary/aromatic N) is 1. The molecule has 0 aliphatic heterocycles. The molecule has 0 radical (unpaired) electrons. The van der Waals surface area contributed by atoms with Gasteiger partial charge < -0.3 is 4.52 Å². The van der Waals surface area contributed by atoms with Gasteiger partial charge in [0.05, 0.1) is 0 Å². The Hall–Kier alpha value is -0.310. The Bertz CT molecular complexity index is 144. The highest BCUT2D eigenvalue weighted by Crippen LogP contribution is 2.10. The summed E-state index contributed by atoms with van der Waals surface area (Å²) in [5, 5.41) is 3.56. The van der Waals surface area contributed by atoms with Crippen LogP contribution >= 0.6 is 15.9 Å². The summed E-state index contributed by atoms with van der Waals surface area (Å²) in [5.74, 6) is 0. The number of halogens is 1. The molecule has 0 N–H and O–H groups in total. The molecule has 7 heavy (non-hydrogen) atoms. The van der Waals surface area contributed by atoms with Crippen LogP contribution in [0.5, 0.6) is 0 Å². The fraction of sp³-hybridized carbons (Fsp3) is 0.250. The van der Waals surface area contributed by atoms with Crippen molar-refractivity contribution in [2.45, 2.75) is 6.92 Å². The number of hydrogen-bond acceptors (Lipinski definition) is 2. The van der Waals surface area contributed by atoms with E-state index in [0.717, 1.165) is 10.2 Å². The van der Waals surface area contributed by atoms with Crippen molar-refractivity contribution in [1.82, 2.24) is 5.16 Å². The zero-order valence-corrected chi connectivity index (χ0v) is 5.40. The average molecular weight is 162 g/mol. The van der Waals surface area contributed by atoms with E-state index in [-0.39, 0.29) is 0 Å². The van der Waals surface area contributed by atoms with Gasteiger partial charge in [-0.15, -0.1) is 0 Å². The lowest BCUT2D eigenvalue weighted by Gasteiger charge is -1.71. The zero-order valence-electron chi connectivity index (χ0n) is 3.81. The summed E-state index contributed by atoms with van der Waals surface area (Å²) in [5.41, 5.74) is 1.03. The first-order valence-electron chi connectivity index (χ1n) is 1.87. The zero-order chi connectivity index (χ0) is 5.28. The van der Waals surface area contributed by atoms with Crippen molar-refractivity contribution >= 4 is 15.9 Å². The van der Waals surface area contributed by atoms with Gasteiger partial charge in [0.25, 0.3) is 0 Å². The minimum Gasteiger partial charge on any atom is -0.363 e. The predicted molar refractivity (Wildman–Crippen MR) is 28.9 cm³/mol. The van der Waals surface area contributed by atoms with Crippen molar-refractivity contribution < 1.29 is 4.52 Å². The van der Waals surface area contributed by atoms with Crippen molar-refractivity contribution in [3.05, 3.63) is 16.4 Å². The molecule has 0 saturated carbocycles. The van der Waals surface area contributed by atoms with Crippen molar-refractivity contribution in [3.8, 4) is 0 Å². The summed E-state index contributed by atoms with van der Waals surface area (Å²) in [6.07, 6.45) is 1.59. The summed E-state index contributed by atoms with van der Waals surface area (Å²) in [6, 6.07) is 0. The van der Waals surface area contributed by atoms with Gasteiger partial charge in [-0.1, -0.05) is 5.16 Å². The van der Waals surface area contributed by atoms with Crippen molar-refractivity contribution in [2.75, 3.05) is 0 Å². The van der Waals surface area contributed by atoms with Gasteiger partial charge in [0, 0.05) is 5.56 Å². The van der Waals surface area contributed by atoms with Crippen LogP contribution in [0.25, 0.3) is 0 Å². The van der Waals surface area contributed by atoms with E-state index < -0.39 is 0 Å². The van der Waals surface area contributed by atoms with Crippen molar-refractivity contribution in [2.24, 2.45) is 0 Å². The molecule has 0 aliphatic rings. The van der Waals surface area contributed by atoms with E-state index in [1.807, 2.05) is 6.92 Å². The molecule has 38 valence electrons. The first-order valence-corrected chi connectivity index (χ1v) is 2.66. The summed E-state index contributed by atoms with van der Waals surface area (Å²) in [7, 11) is 0. The van der Waals surface area contributed by atoms with Gasteiger partial charge >= 0.3 is 0 Å². The van der Waals surface area contributed by atoms with E-state index in [1.165, 1.54) is 0 Å². The van der Waals surface area contributed by atoms with Crippen LogP contribution in [0.3, 0.4) is 0 Å². The fourth-order valence-corrected chi connectivity index (χ4v) is 0.449. The van der Waals surface area contributed by atoms with Gasteiger partial charge in [0.2, 0.25) is 0 Å². The van der Waals surface area contributed by atoms with Crippen LogP contribution in [0.2, 0.25) is 0 Å². The standard InChI is InChI=1S/C4H4BrNO/c1-3-2-7-6-4(3)5/h2H,1H3. The second kappa shape index (κ2) is 1.66. The molecule has 0 fully saturated rings. The second-order valence-corrected chi connectivity index (χ2v) is 2.04. The minimum atomic E-state index is 0.785. The van der Waals surface area contributed by atoms with E-state index in [0.29, 0.717) is 0 Å². The van der Waals surface area contributed by atoms with Crippen molar-refractivity contribution in [3.63, 3.8) is 0 Å². The van der Waals surface area contributed by atoms with Crippen LogP contribution in [0.1, 0.15) is 5.56 Å². The number of hydrogen-bond donors (Lipinski definition) is 0. The van der Waals surface area contributed by atoms with Crippen LogP contribution < -0.4 is 0 Å². The summed E-state index contributed by atoms with van der Waals surface area (Å²) in [4.78, 5) is 0. The smallest absolute Gasteiger partial charge is 0.152 e. The predicted octanol–water partition coefficient (Wildman–Crippen LogP) is 1.75. The molecule has 1 rings (SSSR count). The van der Waals surface area contributed by atoms with Gasteiger partial charge in [0.1, 0.15) is 6.26 Å². The fourth-order valence-electron chi connectivity index (χ4n) is 0.272. The molecular weight excluding hydrogens is 158 g/mol. The Morgan fingerprint density at radius 1 is 1.86 bits per heavy atom. The highest BCUT2D eigenvalue weighted by Gasteiger charge is 1.93. The van der Waals surface area contributed by atoms with E-state index in [4.69, 9.17) is 0 Å². The lowest BCUT2D eigenvalue weighted by Crippen LogP contribution is -1.61. The normalized spacial score (nSPS) is 9.43. The lowest BCUT2D eigenvalue weighted by atomic mass is 10.4. The number of aryl methyl sites for hydroxylation is 1. The Morgan fingerprint density at radius 3 is 2.71 bits per heavy atom. The molecule has 1 heterocycles.